The van der Waals surface area contributed by atoms with Crippen molar-refractivity contribution in [3.05, 3.63) is 190 Å². The molecule has 0 aromatic heterocycles. The van der Waals surface area contributed by atoms with Gasteiger partial charge < -0.3 is 18.5 Å². The summed E-state index contributed by atoms with van der Waals surface area (Å²) in [4.78, 5) is 0. The van der Waals surface area contributed by atoms with Crippen molar-refractivity contribution in [2.75, 3.05) is 14.2 Å². The molecule has 0 N–H and O–H groups in total. The molecule has 0 unspecified atom stereocenters. The predicted molar refractivity (Wildman–Crippen MR) is 226 cm³/mol. The van der Waals surface area contributed by atoms with Crippen molar-refractivity contribution in [1.82, 2.24) is 0 Å². The van der Waals surface area contributed by atoms with Gasteiger partial charge in [-0.05, 0) is 71.0 Å². The largest absolute Gasteiger partial charge is 0.530 e. The van der Waals surface area contributed by atoms with Gasteiger partial charge in [0.2, 0.25) is 5.75 Å². The van der Waals surface area contributed by atoms with Crippen LogP contribution in [0, 0.1) is 13.8 Å². The predicted octanol–water partition coefficient (Wildman–Crippen LogP) is 12.3. The smallest absolute Gasteiger partial charge is 0.496 e. The molecule has 0 amide bonds. The first-order valence-corrected chi connectivity index (χ1v) is 21.5. The van der Waals surface area contributed by atoms with Crippen LogP contribution < -0.4 is 18.5 Å². The van der Waals surface area contributed by atoms with Crippen LogP contribution in [0.15, 0.2) is 146 Å². The molecular formula is C46H46O10P2. The van der Waals surface area contributed by atoms with E-state index in [4.69, 9.17) is 36.6 Å². The molecule has 58 heavy (non-hydrogen) atoms. The quantitative estimate of drug-likeness (QED) is 0.0545. The summed E-state index contributed by atoms with van der Waals surface area (Å²) in [5.41, 5.74) is 6.13. The third-order valence-corrected chi connectivity index (χ3v) is 11.6. The summed E-state index contributed by atoms with van der Waals surface area (Å²) >= 11 is 0. The lowest BCUT2D eigenvalue weighted by Crippen LogP contribution is -2.08. The van der Waals surface area contributed by atoms with Crippen LogP contribution in [0.2, 0.25) is 0 Å². The van der Waals surface area contributed by atoms with Gasteiger partial charge >= 0.3 is 15.6 Å². The Morgan fingerprint density at radius 2 is 0.862 bits per heavy atom. The Morgan fingerprint density at radius 1 is 0.466 bits per heavy atom. The number of aryl methyl sites for hydroxylation is 1. The molecule has 0 heterocycles. The van der Waals surface area contributed by atoms with Crippen LogP contribution in [0.5, 0.6) is 23.0 Å². The first kappa shape index (κ1) is 42.2. The molecular weight excluding hydrogens is 774 g/mol. The zero-order chi connectivity index (χ0) is 40.8. The Hall–Kier alpha value is -5.44. The highest BCUT2D eigenvalue weighted by Gasteiger charge is 2.37. The van der Waals surface area contributed by atoms with Gasteiger partial charge in [0.05, 0.1) is 40.6 Å². The lowest BCUT2D eigenvalue weighted by atomic mass is 10.0. The van der Waals surface area contributed by atoms with E-state index in [1.165, 1.54) is 7.11 Å². The molecule has 0 saturated heterocycles. The molecule has 0 atom stereocenters. The highest BCUT2D eigenvalue weighted by atomic mass is 31.2. The molecule has 0 radical (unpaired) electrons. The van der Waals surface area contributed by atoms with E-state index in [2.05, 4.69) is 0 Å². The van der Waals surface area contributed by atoms with Gasteiger partial charge in [0.1, 0.15) is 5.75 Å². The van der Waals surface area contributed by atoms with Crippen LogP contribution in [0.25, 0.3) is 12.2 Å². The summed E-state index contributed by atoms with van der Waals surface area (Å²) in [5.74, 6) is 0.445. The minimum absolute atomic E-state index is 0.0875. The average molecular weight is 821 g/mol. The number of phosphoric acid groups is 2. The van der Waals surface area contributed by atoms with Gasteiger partial charge in [-0.3, -0.25) is 18.1 Å². The maximum absolute atomic E-state index is 14.9. The Morgan fingerprint density at radius 3 is 1.26 bits per heavy atom. The minimum atomic E-state index is -4.53. The molecule has 0 saturated carbocycles. The van der Waals surface area contributed by atoms with Gasteiger partial charge in [0, 0.05) is 5.56 Å². The number of benzene rings is 6. The maximum atomic E-state index is 14.9. The van der Waals surface area contributed by atoms with Crippen LogP contribution in [0.1, 0.15) is 44.5 Å². The summed E-state index contributed by atoms with van der Waals surface area (Å²) in [6.07, 6.45) is 3.58. The van der Waals surface area contributed by atoms with Crippen molar-refractivity contribution in [2.45, 2.75) is 40.3 Å². The van der Waals surface area contributed by atoms with Crippen molar-refractivity contribution in [2.24, 2.45) is 0 Å². The van der Waals surface area contributed by atoms with Crippen LogP contribution in [-0.4, -0.2) is 14.2 Å². The highest BCUT2D eigenvalue weighted by molar-refractivity contribution is 7.49. The molecule has 300 valence electrons. The van der Waals surface area contributed by atoms with E-state index in [0.717, 1.165) is 44.7 Å². The molecule has 10 nitrogen and oxygen atoms in total. The second-order valence-electron chi connectivity index (χ2n) is 13.1. The van der Waals surface area contributed by atoms with Crippen molar-refractivity contribution in [3.8, 4) is 23.0 Å². The second-order valence-corrected chi connectivity index (χ2v) is 16.3. The van der Waals surface area contributed by atoms with Gasteiger partial charge in [-0.1, -0.05) is 140 Å². The first-order valence-electron chi connectivity index (χ1n) is 18.5. The molecule has 6 aromatic carbocycles. The summed E-state index contributed by atoms with van der Waals surface area (Å²) in [5, 5.41) is 0. The molecule has 0 fully saturated rings. The third-order valence-electron chi connectivity index (χ3n) is 8.98. The van der Waals surface area contributed by atoms with Crippen molar-refractivity contribution in [1.29, 1.82) is 0 Å². The van der Waals surface area contributed by atoms with Gasteiger partial charge in [-0.15, -0.1) is 0 Å². The van der Waals surface area contributed by atoms with E-state index in [-0.39, 0.29) is 43.7 Å². The summed E-state index contributed by atoms with van der Waals surface area (Å²) in [7, 11) is -6.02. The molecule has 0 aliphatic rings. The number of hydrogen-bond acceptors (Lipinski definition) is 10. The van der Waals surface area contributed by atoms with Crippen molar-refractivity contribution in [3.63, 3.8) is 0 Å². The van der Waals surface area contributed by atoms with Crippen LogP contribution in [0.4, 0.5) is 0 Å². The molecule has 0 aliphatic carbocycles. The summed E-state index contributed by atoms with van der Waals surface area (Å²) in [6, 6.07) is 44.1. The van der Waals surface area contributed by atoms with Gasteiger partial charge in [-0.2, -0.15) is 0 Å². The summed E-state index contributed by atoms with van der Waals surface area (Å²) < 4.78 is 77.9. The van der Waals surface area contributed by atoms with E-state index in [9.17, 15) is 9.13 Å². The summed E-state index contributed by atoms with van der Waals surface area (Å²) in [6.45, 7) is 3.53. The lowest BCUT2D eigenvalue weighted by molar-refractivity contribution is 0.133. The van der Waals surface area contributed by atoms with Crippen molar-refractivity contribution >= 4 is 27.8 Å². The zero-order valence-electron chi connectivity index (χ0n) is 32.8. The Labute approximate surface area is 340 Å². The second kappa shape index (κ2) is 20.3. The van der Waals surface area contributed by atoms with Crippen LogP contribution in [-0.2, 0) is 53.7 Å². The van der Waals surface area contributed by atoms with Gasteiger partial charge in [0.15, 0.2) is 11.5 Å². The number of ether oxygens (including phenoxy) is 2. The van der Waals surface area contributed by atoms with Crippen LogP contribution in [0.3, 0.4) is 0 Å². The topological polar surface area (TPSA) is 108 Å². The fourth-order valence-electron chi connectivity index (χ4n) is 5.70. The fraction of sp³-hybridized carbons (Fsp3) is 0.174. The van der Waals surface area contributed by atoms with E-state index in [1.54, 1.807) is 25.3 Å². The number of rotatable bonds is 20. The average Bonchev–Trinajstić information content (AvgIpc) is 3.26. The molecule has 6 rings (SSSR count). The number of phosphoric ester groups is 2. The zero-order valence-corrected chi connectivity index (χ0v) is 34.6. The Bertz CT molecular complexity index is 2260. The van der Waals surface area contributed by atoms with E-state index < -0.39 is 15.6 Å². The minimum Gasteiger partial charge on any atom is -0.496 e. The van der Waals surface area contributed by atoms with E-state index in [0.29, 0.717) is 5.56 Å². The Kier molecular flexibility index (Phi) is 14.8. The maximum Gasteiger partial charge on any atom is 0.530 e. The van der Waals surface area contributed by atoms with Gasteiger partial charge in [0.25, 0.3) is 0 Å². The van der Waals surface area contributed by atoms with E-state index in [1.807, 2.05) is 153 Å². The molecule has 0 aliphatic heterocycles. The SMILES string of the molecule is COc1cc(/C=C\c2ccc(OC)c(OP(=O)(OCc3ccccc3)OCc3ccccc3)c2OP(=O)(OCc2ccccc2)OCc2ccccc2)cc(C)c1C. The molecule has 0 bridgehead atoms. The molecule has 12 heteroatoms. The Balaban J connectivity index is 1.45. The normalized spacial score (nSPS) is 11.7. The molecule has 0 spiro atoms. The monoisotopic (exact) mass is 820 g/mol. The number of methoxy groups -OCH3 is 2. The lowest BCUT2D eigenvalue weighted by Gasteiger charge is -2.25. The van der Waals surface area contributed by atoms with Gasteiger partial charge in [-0.25, -0.2) is 9.13 Å². The van der Waals surface area contributed by atoms with Crippen LogP contribution >= 0.6 is 15.6 Å². The first-order chi connectivity index (χ1) is 28.2. The number of hydrogen-bond donors (Lipinski definition) is 0. The third kappa shape index (κ3) is 11.8. The molecule has 6 aromatic rings. The van der Waals surface area contributed by atoms with E-state index >= 15 is 0 Å². The highest BCUT2D eigenvalue weighted by Crippen LogP contribution is 2.60. The fourth-order valence-corrected chi connectivity index (χ4v) is 8.09. The standard InChI is InChI=1S/C46H46O10P2/c1-35-29-41(30-44(50-4)36(35)2)25-26-42-27-28-43(49-3)46(56-58(48,53-33-39-21-13-7-14-22-39)54-34-40-23-15-8-16-24-40)45(42)55-57(47,51-31-37-17-9-5-10-18-37)52-32-38-19-11-6-12-20-38/h5-30H,31-34H2,1-4H3/b26-25-. The van der Waals surface area contributed by atoms with Crippen molar-refractivity contribution < 1.29 is 45.7 Å².